The van der Waals surface area contributed by atoms with Gasteiger partial charge in [0.1, 0.15) is 5.60 Å². The molecule has 8 nitrogen and oxygen atoms in total. The van der Waals surface area contributed by atoms with Crippen molar-refractivity contribution in [3.63, 3.8) is 0 Å². The maximum Gasteiger partial charge on any atom is 0.251 e. The number of rotatable bonds is 7. The van der Waals surface area contributed by atoms with E-state index in [1.54, 1.807) is 6.92 Å². The zero-order valence-electron chi connectivity index (χ0n) is 54.5. The Morgan fingerprint density at radius 3 is 1.53 bits per heavy atom. The molecule has 1 heterocycles. The topological polar surface area (TPSA) is 111 Å². The van der Waals surface area contributed by atoms with E-state index < -0.39 is 5.60 Å². The fourth-order valence-electron chi connectivity index (χ4n) is 24.9. The summed E-state index contributed by atoms with van der Waals surface area (Å²) in [6, 6.07) is 20.2. The number of benzene rings is 2. The van der Waals surface area contributed by atoms with Gasteiger partial charge in [0.25, 0.3) is 11.8 Å². The van der Waals surface area contributed by atoms with Crippen molar-refractivity contribution in [2.75, 3.05) is 6.61 Å². The van der Waals surface area contributed by atoms with Crippen molar-refractivity contribution >= 4 is 23.4 Å². The number of Topliss-reactive ketones (excluding diaryl/α,β-unsaturated/α-hetero) is 1. The predicted octanol–water partition coefficient (Wildman–Crippen LogP) is 17.8. The molecule has 2 N–H and O–H groups in total. The number of fused-ring (bicyclic) bond motifs is 15. The van der Waals surface area contributed by atoms with Crippen molar-refractivity contribution in [3.05, 3.63) is 83.4 Å². The van der Waals surface area contributed by atoms with Gasteiger partial charge in [-0.25, -0.2) is 0 Å². The summed E-state index contributed by atoms with van der Waals surface area (Å²) < 4.78 is 12.6. The highest BCUT2D eigenvalue weighted by Gasteiger charge is 2.68. The highest BCUT2D eigenvalue weighted by atomic mass is 16.7. The number of carbonyl (C=O) groups excluding carboxylic acids is 4. The first-order valence-electron chi connectivity index (χ1n) is 36.1. The van der Waals surface area contributed by atoms with Crippen LogP contribution in [0.15, 0.2) is 72.3 Å². The number of hydrogen-bond acceptors (Lipinski definition) is 6. The zero-order valence-corrected chi connectivity index (χ0v) is 54.5. The molecule has 11 saturated carbocycles. The van der Waals surface area contributed by atoms with Crippen LogP contribution in [0.25, 0.3) is 0 Å². The third-order valence-corrected chi connectivity index (χ3v) is 29.8. The lowest BCUT2D eigenvalue weighted by atomic mass is 9.45. The molecule has 12 aliphatic carbocycles. The Balaban J connectivity index is 0.000000120. The molecule has 12 unspecified atom stereocenters. The van der Waals surface area contributed by atoms with Gasteiger partial charge in [-0.2, -0.15) is 0 Å². The van der Waals surface area contributed by atoms with Crippen molar-refractivity contribution in [2.24, 2.45) is 97.6 Å². The van der Waals surface area contributed by atoms with Crippen molar-refractivity contribution < 1.29 is 28.7 Å². The third kappa shape index (κ3) is 10.7. The van der Waals surface area contributed by atoms with Crippen molar-refractivity contribution in [3.8, 4) is 0 Å². The Morgan fingerprint density at radius 1 is 0.488 bits per heavy atom. The molecule has 12 fully saturated rings. The van der Waals surface area contributed by atoms with Crippen LogP contribution < -0.4 is 10.6 Å². The smallest absolute Gasteiger partial charge is 0.251 e. The van der Waals surface area contributed by atoms with E-state index in [9.17, 15) is 19.2 Å². The number of hydrogen-bond donors (Lipinski definition) is 2. The number of nitrogens with one attached hydrogen (secondary N) is 2. The van der Waals surface area contributed by atoms with Crippen LogP contribution in [0, 0.1) is 97.6 Å². The summed E-state index contributed by atoms with van der Waals surface area (Å²) in [7, 11) is 0. The second-order valence-corrected chi connectivity index (χ2v) is 33.4. The normalized spacial score (nSPS) is 46.1. The average molecular weight is 1170 g/mol. The van der Waals surface area contributed by atoms with Gasteiger partial charge in [0.15, 0.2) is 17.9 Å². The van der Waals surface area contributed by atoms with E-state index in [1.807, 2.05) is 66.7 Å². The third-order valence-electron chi connectivity index (χ3n) is 29.8. The summed E-state index contributed by atoms with van der Waals surface area (Å²) in [6.45, 7) is 17.7. The summed E-state index contributed by atoms with van der Waals surface area (Å²) in [5.74, 6) is 9.99. The fourth-order valence-corrected chi connectivity index (χ4v) is 24.9. The lowest BCUT2D eigenvalue weighted by Crippen LogP contribution is -2.59. The van der Waals surface area contributed by atoms with Crippen LogP contribution in [0.1, 0.15) is 268 Å². The van der Waals surface area contributed by atoms with Crippen LogP contribution >= 0.6 is 0 Å². The largest absolute Gasteiger partial charge is 0.353 e. The summed E-state index contributed by atoms with van der Waals surface area (Å²) in [5.41, 5.74) is 4.73. The predicted molar refractivity (Wildman–Crippen MR) is 343 cm³/mol. The second-order valence-electron chi connectivity index (χ2n) is 33.4. The molecule has 1 saturated heterocycles. The molecule has 0 radical (unpaired) electrons. The van der Waals surface area contributed by atoms with Crippen LogP contribution in [0.5, 0.6) is 0 Å². The standard InChI is InChI=1S/2C26H37NO.C26H38O4/c2*1-25-14-6-9-22(25)21-11-10-19-17-20(12-16-26(19,2)23(21)13-15-25)27-24(28)18-7-4-3-5-8-18;1-17(27)26(30-23-6-4-5-15-29-23)14-11-22-20-8-7-18-16-19(28)9-12-24(18,2)21(20)10-13-25(22,26)3/h2*3-5,7-8,19-23H,6,9-17H2,1-2H3,(H,27,28);16,20-23H,4-15H2,1-3H3/t19?,20-,21?,22?,23?,25+,26+;19?,20-,21?,22?,23?,25-,26-;20?,21?,22?,23?,24-,25-,26-/m100/s1. The Bertz CT molecular complexity index is 2700. The molecule has 2 amide bonds. The Hall–Kier alpha value is -3.62. The first kappa shape index (κ1) is 61.2. The molecule has 0 spiro atoms. The van der Waals surface area contributed by atoms with Gasteiger partial charge < -0.3 is 20.1 Å². The van der Waals surface area contributed by atoms with Crippen LogP contribution in [0.4, 0.5) is 0 Å². The maximum absolute atomic E-state index is 13.2. The van der Waals surface area contributed by atoms with Gasteiger partial charge >= 0.3 is 0 Å². The van der Waals surface area contributed by atoms with Crippen LogP contribution in [-0.2, 0) is 19.1 Å². The average Bonchev–Trinajstić information content (AvgIpc) is 1.50. The quantitative estimate of drug-likeness (QED) is 0.286. The molecule has 86 heavy (non-hydrogen) atoms. The van der Waals surface area contributed by atoms with Crippen LogP contribution in [-0.4, -0.2) is 54.0 Å². The first-order valence-corrected chi connectivity index (χ1v) is 36.1. The molecular weight excluding hydrogens is 1060 g/mol. The van der Waals surface area contributed by atoms with Crippen LogP contribution in [0.2, 0.25) is 0 Å². The van der Waals surface area contributed by atoms with Crippen molar-refractivity contribution in [1.82, 2.24) is 10.6 Å². The van der Waals surface area contributed by atoms with Crippen molar-refractivity contribution in [2.45, 2.75) is 271 Å². The van der Waals surface area contributed by atoms with Gasteiger partial charge in [-0.15, -0.1) is 0 Å². The van der Waals surface area contributed by atoms with E-state index in [-0.39, 0.29) is 34.7 Å². The molecular formula is C78H112N2O6. The molecule has 2 aromatic carbocycles. The van der Waals surface area contributed by atoms with Crippen molar-refractivity contribution in [1.29, 1.82) is 0 Å². The molecule has 0 bridgehead atoms. The zero-order chi connectivity index (χ0) is 59.9. The molecule has 1 aliphatic heterocycles. The number of carbonyl (C=O) groups is 4. The first-order chi connectivity index (χ1) is 41.3. The lowest BCUT2D eigenvalue weighted by Gasteiger charge is -2.60. The number of ether oxygens (including phenoxy) is 2. The van der Waals surface area contributed by atoms with Gasteiger partial charge in [-0.05, 0) is 309 Å². The summed E-state index contributed by atoms with van der Waals surface area (Å²) in [4.78, 5) is 50.5. The summed E-state index contributed by atoms with van der Waals surface area (Å²) in [6.07, 6.45) is 40.7. The maximum atomic E-state index is 13.2. The van der Waals surface area contributed by atoms with E-state index in [0.717, 1.165) is 142 Å². The molecule has 13 aliphatic rings. The van der Waals surface area contributed by atoms with E-state index in [4.69, 9.17) is 9.47 Å². The van der Waals surface area contributed by atoms with E-state index >= 15 is 0 Å². The minimum atomic E-state index is -0.690. The van der Waals surface area contributed by atoms with Gasteiger partial charge in [-0.1, -0.05) is 96.4 Å². The molecule has 470 valence electrons. The molecule has 8 heteroatoms. The van der Waals surface area contributed by atoms with Gasteiger partial charge in [0.2, 0.25) is 0 Å². The SMILES string of the molecule is CC(=O)[C@@]1(OC2CCCCO2)CCC2C3CCC4=CC(=O)CC[C@]4(C)C3CC[C@@]21C.C[C@@]12CCCC1C1CCC3C[C@@H](NC(=O)c4ccccc4)CC[C@]3(C)C1CC2.C[C@@]12CCCC1C1CCC3C[C@H](NC(=O)c4ccccc4)CC[C@]3(C)C1CC2. The Labute approximate surface area is 519 Å². The summed E-state index contributed by atoms with van der Waals surface area (Å²) in [5, 5.41) is 6.72. The van der Waals surface area contributed by atoms with Gasteiger partial charge in [-0.3, -0.25) is 19.2 Å². The molecule has 2 aromatic rings. The van der Waals surface area contributed by atoms with E-state index in [2.05, 4.69) is 52.2 Å². The highest BCUT2D eigenvalue weighted by Crippen LogP contribution is 2.71. The summed E-state index contributed by atoms with van der Waals surface area (Å²) >= 11 is 0. The molecule has 21 atom stereocenters. The van der Waals surface area contributed by atoms with Gasteiger partial charge in [0.05, 0.1) is 0 Å². The fraction of sp³-hybridized carbons (Fsp3) is 0.769. The molecule has 0 aromatic heterocycles. The molecule has 15 rings (SSSR count). The van der Waals surface area contributed by atoms with Crippen LogP contribution in [0.3, 0.4) is 0 Å². The Kier molecular flexibility index (Phi) is 17.0. The highest BCUT2D eigenvalue weighted by molar-refractivity contribution is 5.95. The monoisotopic (exact) mass is 1170 g/mol. The van der Waals surface area contributed by atoms with E-state index in [0.29, 0.717) is 63.7 Å². The Morgan fingerprint density at radius 2 is 1.01 bits per heavy atom. The second kappa shape index (κ2) is 23.9. The van der Waals surface area contributed by atoms with Gasteiger partial charge in [0, 0.05) is 41.7 Å². The number of allylic oxidation sites excluding steroid dienone is 1. The minimum Gasteiger partial charge on any atom is -0.353 e. The number of ketones is 2. The number of amides is 2. The van der Waals surface area contributed by atoms with E-state index in [1.165, 1.54) is 121 Å². The minimum absolute atomic E-state index is 0.108. The lowest BCUT2D eigenvalue weighted by molar-refractivity contribution is -0.253.